The van der Waals surface area contributed by atoms with Crippen LogP contribution < -0.4 is 0 Å². The van der Waals surface area contributed by atoms with E-state index >= 15 is 0 Å². The number of ketones is 1. The summed E-state index contributed by atoms with van der Waals surface area (Å²) in [5.74, 6) is 3.39. The molecule has 4 aliphatic rings. The molecule has 0 aromatic heterocycles. The van der Waals surface area contributed by atoms with Crippen molar-refractivity contribution in [1.29, 1.82) is 0 Å². The molecule has 0 aromatic rings. The Bertz CT molecular complexity index is 668. The summed E-state index contributed by atoms with van der Waals surface area (Å²) in [5.41, 5.74) is 0.294. The van der Waals surface area contributed by atoms with Crippen molar-refractivity contribution < 1.29 is 14.0 Å². The largest absolute Gasteiger partial charge is 0.414 e. The van der Waals surface area contributed by atoms with Crippen LogP contribution in [0.2, 0.25) is 18.1 Å². The summed E-state index contributed by atoms with van der Waals surface area (Å²) >= 11 is 0. The summed E-state index contributed by atoms with van der Waals surface area (Å²) in [5, 5.41) is 0.272. The Kier molecular flexibility index (Phi) is 5.89. The van der Waals surface area contributed by atoms with Crippen LogP contribution in [0.4, 0.5) is 0 Å². The summed E-state index contributed by atoms with van der Waals surface area (Å²) < 4.78 is 12.8. The summed E-state index contributed by atoms with van der Waals surface area (Å²) in [6.45, 7) is 15.1. The van der Waals surface area contributed by atoms with Crippen molar-refractivity contribution in [3.63, 3.8) is 0 Å². The third kappa shape index (κ3) is 3.48. The summed E-state index contributed by atoms with van der Waals surface area (Å²) in [6.07, 6.45) is 11.0. The van der Waals surface area contributed by atoms with E-state index in [0.717, 1.165) is 43.6 Å². The van der Waals surface area contributed by atoms with Crippen LogP contribution in [0.5, 0.6) is 0 Å². The van der Waals surface area contributed by atoms with E-state index in [9.17, 15) is 4.79 Å². The molecule has 0 aliphatic heterocycles. The molecular formula is C26H46O3Si. The molecule has 0 bridgehead atoms. The minimum Gasteiger partial charge on any atom is -0.414 e. The van der Waals surface area contributed by atoms with E-state index in [4.69, 9.17) is 9.16 Å². The van der Waals surface area contributed by atoms with Crippen LogP contribution >= 0.6 is 0 Å². The highest BCUT2D eigenvalue weighted by molar-refractivity contribution is 6.74. The van der Waals surface area contributed by atoms with Crippen LogP contribution in [0.25, 0.3) is 0 Å². The Hall–Kier alpha value is -0.193. The molecule has 4 heteroatoms. The van der Waals surface area contributed by atoms with Crippen LogP contribution in [0, 0.1) is 34.5 Å². The van der Waals surface area contributed by atoms with Crippen LogP contribution in [0.3, 0.4) is 0 Å². The molecule has 0 saturated heterocycles. The lowest BCUT2D eigenvalue weighted by molar-refractivity contribution is -0.159. The summed E-state index contributed by atoms with van der Waals surface area (Å²) in [7, 11) is 0.172. The minimum atomic E-state index is -1.73. The normalized spacial score (nSPS) is 44.4. The highest BCUT2D eigenvalue weighted by Gasteiger charge is 2.61. The average Bonchev–Trinajstić information content (AvgIpc) is 2.96. The second kappa shape index (κ2) is 7.69. The van der Waals surface area contributed by atoms with E-state index in [-0.39, 0.29) is 10.5 Å². The van der Waals surface area contributed by atoms with Gasteiger partial charge in [-0.05, 0) is 98.6 Å². The molecule has 4 rings (SSSR count). The topological polar surface area (TPSA) is 35.5 Å². The fourth-order valence-corrected chi connectivity index (χ4v) is 9.43. The highest BCUT2D eigenvalue weighted by Crippen LogP contribution is 2.66. The number of rotatable bonds is 4. The fourth-order valence-electron chi connectivity index (χ4n) is 8.03. The number of fused-ring (bicyclic) bond motifs is 5. The number of carbonyl (C=O) groups excluding carboxylic acids is 1. The van der Waals surface area contributed by atoms with E-state index in [0.29, 0.717) is 23.2 Å². The number of hydrogen-bond donors (Lipinski definition) is 0. The minimum absolute atomic E-state index is 0.0229. The molecule has 0 N–H and O–H groups in total. The predicted octanol–water partition coefficient (Wildman–Crippen LogP) is 6.62. The monoisotopic (exact) mass is 434 g/mol. The van der Waals surface area contributed by atoms with Crippen molar-refractivity contribution in [2.45, 2.75) is 110 Å². The van der Waals surface area contributed by atoms with E-state index in [1.54, 1.807) is 0 Å². The van der Waals surface area contributed by atoms with Crippen molar-refractivity contribution >= 4 is 14.1 Å². The van der Waals surface area contributed by atoms with Crippen molar-refractivity contribution in [3.05, 3.63) is 0 Å². The van der Waals surface area contributed by atoms with Gasteiger partial charge in [0.2, 0.25) is 0 Å². The van der Waals surface area contributed by atoms with E-state index in [2.05, 4.69) is 40.8 Å². The maximum absolute atomic E-state index is 12.7. The molecule has 3 nitrogen and oxygen atoms in total. The van der Waals surface area contributed by atoms with Gasteiger partial charge in [-0.25, -0.2) is 0 Å². The number of carbonyl (C=O) groups is 1. The lowest BCUT2D eigenvalue weighted by Gasteiger charge is -2.61. The molecule has 172 valence electrons. The Labute approximate surface area is 186 Å². The predicted molar refractivity (Wildman–Crippen MR) is 125 cm³/mol. The lowest BCUT2D eigenvalue weighted by Crippen LogP contribution is -2.57. The first kappa shape index (κ1) is 23.0. The van der Waals surface area contributed by atoms with E-state index in [1.165, 1.54) is 38.5 Å². The van der Waals surface area contributed by atoms with Gasteiger partial charge in [0, 0.05) is 25.0 Å². The molecule has 0 heterocycles. The Morgan fingerprint density at radius 2 is 1.77 bits per heavy atom. The van der Waals surface area contributed by atoms with Crippen LogP contribution in [-0.4, -0.2) is 33.9 Å². The first-order valence-corrected chi connectivity index (χ1v) is 15.6. The van der Waals surface area contributed by atoms with Crippen molar-refractivity contribution in [2.24, 2.45) is 34.5 Å². The smallest absolute Gasteiger partial charge is 0.192 e. The zero-order valence-corrected chi connectivity index (χ0v) is 21.7. The Morgan fingerprint density at radius 1 is 1.03 bits per heavy atom. The average molecular weight is 435 g/mol. The second-order valence-electron chi connectivity index (χ2n) is 13.0. The van der Waals surface area contributed by atoms with Crippen LogP contribution in [0.15, 0.2) is 0 Å². The first-order valence-electron chi connectivity index (χ1n) is 12.6. The second-order valence-corrected chi connectivity index (χ2v) is 17.8. The number of Topliss-reactive ketones (excluding diaryl/α,β-unsaturated/α-hetero) is 1. The van der Waals surface area contributed by atoms with Gasteiger partial charge in [-0.2, -0.15) is 0 Å². The molecule has 30 heavy (non-hydrogen) atoms. The van der Waals surface area contributed by atoms with Gasteiger partial charge in [-0.1, -0.05) is 27.7 Å². The molecular weight excluding hydrogens is 388 g/mol. The van der Waals surface area contributed by atoms with Gasteiger partial charge in [0.15, 0.2) is 8.32 Å². The van der Waals surface area contributed by atoms with Gasteiger partial charge in [-0.3, -0.25) is 4.79 Å². The van der Waals surface area contributed by atoms with Gasteiger partial charge in [-0.15, -0.1) is 0 Å². The van der Waals surface area contributed by atoms with Gasteiger partial charge >= 0.3 is 0 Å². The van der Waals surface area contributed by atoms with Gasteiger partial charge < -0.3 is 9.16 Å². The van der Waals surface area contributed by atoms with Crippen molar-refractivity contribution in [1.82, 2.24) is 0 Å². The molecule has 0 amide bonds. The van der Waals surface area contributed by atoms with Crippen LogP contribution in [0.1, 0.15) is 85.5 Å². The highest BCUT2D eigenvalue weighted by atomic mass is 28.4. The number of methoxy groups -OCH3 is 1. The standard InChI is InChI=1S/C26H46O3Si/c1-24(2,3)30(6,7)29-19-12-15-26(17-28-5)18(16-19)8-9-20-21-10-11-23(27)25(21,4)14-13-22(20)26/h18-22H,8-17H2,1-7H3/t18-,19+,20-,21-,22-,25-,26+/m0/s1. The molecule has 4 saturated carbocycles. The summed E-state index contributed by atoms with van der Waals surface area (Å²) in [6, 6.07) is 0. The SMILES string of the molecule is COC[C@]12CC[C@@H](O[Si](C)(C)C(C)(C)C)C[C@@H]1CC[C@@H]1[C@@H]2CC[C@]2(C)C(=O)CC[C@@H]12. The van der Waals surface area contributed by atoms with E-state index < -0.39 is 8.32 Å². The fraction of sp³-hybridized carbons (Fsp3) is 0.962. The lowest BCUT2D eigenvalue weighted by atomic mass is 9.45. The zero-order chi connectivity index (χ0) is 21.9. The third-order valence-electron chi connectivity index (χ3n) is 10.7. The van der Waals surface area contributed by atoms with Crippen molar-refractivity contribution in [2.75, 3.05) is 13.7 Å². The van der Waals surface area contributed by atoms with Gasteiger partial charge in [0.25, 0.3) is 0 Å². The number of ether oxygens (including phenoxy) is 1. The zero-order valence-electron chi connectivity index (χ0n) is 20.7. The molecule has 0 aromatic carbocycles. The molecule has 0 spiro atoms. The quantitative estimate of drug-likeness (QED) is 0.467. The van der Waals surface area contributed by atoms with Crippen LogP contribution in [-0.2, 0) is 14.0 Å². The first-order chi connectivity index (χ1) is 13.9. The number of hydrogen-bond acceptors (Lipinski definition) is 3. The molecule has 4 fully saturated rings. The van der Waals surface area contributed by atoms with Crippen molar-refractivity contribution in [3.8, 4) is 0 Å². The molecule has 0 unspecified atom stereocenters. The Morgan fingerprint density at radius 3 is 2.43 bits per heavy atom. The molecule has 7 atom stereocenters. The summed E-state index contributed by atoms with van der Waals surface area (Å²) in [4.78, 5) is 12.7. The Balaban J connectivity index is 1.55. The molecule has 0 radical (unpaired) electrons. The molecule has 4 aliphatic carbocycles. The van der Waals surface area contributed by atoms with Gasteiger partial charge in [0.05, 0.1) is 6.61 Å². The van der Waals surface area contributed by atoms with E-state index in [1.807, 2.05) is 7.11 Å². The van der Waals surface area contributed by atoms with Gasteiger partial charge in [0.1, 0.15) is 5.78 Å². The third-order valence-corrected chi connectivity index (χ3v) is 15.2. The maximum atomic E-state index is 12.7. The maximum Gasteiger partial charge on any atom is 0.192 e.